The van der Waals surface area contributed by atoms with Gasteiger partial charge in [-0.2, -0.15) is 5.26 Å². The van der Waals surface area contributed by atoms with Crippen LogP contribution in [0.3, 0.4) is 0 Å². The molecule has 0 radical (unpaired) electrons. The zero-order valence-corrected chi connectivity index (χ0v) is 12.3. The average Bonchev–Trinajstić information content (AvgIpc) is 2.89. The molecule has 1 spiro atoms. The fourth-order valence-corrected chi connectivity index (χ4v) is 4.43. The number of rotatable bonds is 3. The fraction of sp³-hybridized carbons (Fsp3) is 0.625. The van der Waals surface area contributed by atoms with Crippen molar-refractivity contribution in [3.63, 3.8) is 0 Å². The van der Waals surface area contributed by atoms with Crippen LogP contribution in [0.15, 0.2) is 24.5 Å². The molecule has 112 valence electrons. The molecule has 0 amide bonds. The summed E-state index contributed by atoms with van der Waals surface area (Å²) in [5.41, 5.74) is -3.01. The third-order valence-corrected chi connectivity index (χ3v) is 5.24. The first-order chi connectivity index (χ1) is 9.83. The molecule has 3 aliphatic rings. The summed E-state index contributed by atoms with van der Waals surface area (Å²) in [7, 11) is 0. The van der Waals surface area contributed by atoms with Crippen molar-refractivity contribution in [1.82, 2.24) is 0 Å². The molecule has 0 aromatic carbocycles. The molecule has 1 N–H and O–H groups in total. The molecule has 1 saturated carbocycles. The Morgan fingerprint density at radius 1 is 1.67 bits per heavy atom. The van der Waals surface area contributed by atoms with Gasteiger partial charge < -0.3 is 14.6 Å². The van der Waals surface area contributed by atoms with Gasteiger partial charge in [0, 0.05) is 12.0 Å². The second-order valence-corrected chi connectivity index (χ2v) is 6.67. The van der Waals surface area contributed by atoms with E-state index in [-0.39, 0.29) is 12.6 Å². The Morgan fingerprint density at radius 3 is 2.95 bits per heavy atom. The van der Waals surface area contributed by atoms with E-state index in [1.165, 1.54) is 6.08 Å². The Kier molecular flexibility index (Phi) is 2.85. The van der Waals surface area contributed by atoms with Crippen LogP contribution >= 0.6 is 0 Å². The minimum atomic E-state index is -1.10. The van der Waals surface area contributed by atoms with Crippen molar-refractivity contribution in [3.05, 3.63) is 24.5 Å². The molecule has 2 bridgehead atoms. The lowest BCUT2D eigenvalue weighted by Gasteiger charge is -2.42. The lowest BCUT2D eigenvalue weighted by Crippen LogP contribution is -2.51. The van der Waals surface area contributed by atoms with Crippen LogP contribution < -0.4 is 0 Å². The van der Waals surface area contributed by atoms with Crippen molar-refractivity contribution in [2.24, 2.45) is 17.3 Å². The van der Waals surface area contributed by atoms with Crippen LogP contribution in [0.2, 0.25) is 0 Å². The quantitative estimate of drug-likeness (QED) is 0.800. The maximum atomic E-state index is 12.8. The number of fused-ring (bicyclic) bond motifs is 1. The van der Waals surface area contributed by atoms with Crippen molar-refractivity contribution in [2.75, 3.05) is 6.79 Å². The van der Waals surface area contributed by atoms with Crippen molar-refractivity contribution in [1.29, 1.82) is 5.26 Å². The molecular formula is C16H19NO4. The van der Waals surface area contributed by atoms with Gasteiger partial charge in [-0.3, -0.25) is 4.79 Å². The van der Waals surface area contributed by atoms with Crippen LogP contribution in [0.5, 0.6) is 0 Å². The van der Waals surface area contributed by atoms with E-state index < -0.39 is 28.5 Å². The van der Waals surface area contributed by atoms with E-state index in [0.717, 1.165) is 0 Å². The highest BCUT2D eigenvalue weighted by molar-refractivity contribution is 5.99. The lowest BCUT2D eigenvalue weighted by molar-refractivity contribution is -0.136. The number of nitrogens with zero attached hydrogens (tertiary/aromatic N) is 1. The molecule has 1 saturated heterocycles. The first kappa shape index (κ1) is 14.3. The number of carbonyl (C=O) groups is 1. The largest absolute Gasteiger partial charge is 0.469 e. The summed E-state index contributed by atoms with van der Waals surface area (Å²) in [4.78, 5) is 12.8. The van der Waals surface area contributed by atoms with Gasteiger partial charge in [0.25, 0.3) is 0 Å². The van der Waals surface area contributed by atoms with Crippen molar-refractivity contribution >= 4 is 5.78 Å². The van der Waals surface area contributed by atoms with Gasteiger partial charge in [0.15, 0.2) is 12.6 Å². The minimum absolute atomic E-state index is 0.0417. The number of hydrogen-bond donors (Lipinski definition) is 1. The van der Waals surface area contributed by atoms with Crippen LogP contribution in [-0.2, 0) is 14.3 Å². The van der Waals surface area contributed by atoms with Gasteiger partial charge in [-0.1, -0.05) is 6.08 Å². The molecule has 1 aliphatic heterocycles. The number of aliphatic hydroxyl groups is 1. The standard InChI is InChI=1S/C16H19NO4/c1-4-5-15-10(14(2,3)19)7-16(11(15)8-17)13(6-12(15)18)20-9-21-16/h4,6,10-11,19H,1,5,7,9H2,2-3H3/t10-,11-,15+,16+/m1/s1. The summed E-state index contributed by atoms with van der Waals surface area (Å²) < 4.78 is 11.2. The van der Waals surface area contributed by atoms with Crippen LogP contribution in [0.1, 0.15) is 26.7 Å². The van der Waals surface area contributed by atoms with E-state index in [9.17, 15) is 15.2 Å². The Hall–Kier alpha value is -1.64. The average molecular weight is 289 g/mol. The summed E-state index contributed by atoms with van der Waals surface area (Å²) in [5, 5.41) is 20.3. The van der Waals surface area contributed by atoms with Gasteiger partial charge >= 0.3 is 0 Å². The second kappa shape index (κ2) is 4.19. The van der Waals surface area contributed by atoms with Crippen LogP contribution in [0, 0.1) is 28.6 Å². The molecular weight excluding hydrogens is 270 g/mol. The number of ether oxygens (including phenoxy) is 2. The van der Waals surface area contributed by atoms with E-state index >= 15 is 0 Å². The third kappa shape index (κ3) is 1.55. The molecule has 5 heteroatoms. The van der Waals surface area contributed by atoms with Gasteiger partial charge in [-0.15, -0.1) is 6.58 Å². The normalized spacial score (nSPS) is 41.0. The number of ketones is 1. The van der Waals surface area contributed by atoms with Crippen molar-refractivity contribution in [2.45, 2.75) is 37.9 Å². The zero-order chi connectivity index (χ0) is 15.5. The highest BCUT2D eigenvalue weighted by Gasteiger charge is 2.73. The summed E-state index contributed by atoms with van der Waals surface area (Å²) in [6.07, 6.45) is 3.85. The predicted octanol–water partition coefficient (Wildman–Crippen LogP) is 1.69. The molecule has 0 unspecified atom stereocenters. The lowest BCUT2D eigenvalue weighted by atomic mass is 9.60. The van der Waals surface area contributed by atoms with Crippen molar-refractivity contribution in [3.8, 4) is 6.07 Å². The topological polar surface area (TPSA) is 79.6 Å². The van der Waals surface area contributed by atoms with Gasteiger partial charge in [0.2, 0.25) is 0 Å². The van der Waals surface area contributed by atoms with E-state index in [4.69, 9.17) is 9.47 Å². The molecule has 4 atom stereocenters. The SMILES string of the molecule is C=CC[C@]12C(=O)C=C3OCO[C@@]3(C[C@@H]1C(C)(C)O)[C@@H]2C#N. The smallest absolute Gasteiger partial charge is 0.190 e. The Bertz CT molecular complexity index is 582. The van der Waals surface area contributed by atoms with E-state index in [2.05, 4.69) is 12.6 Å². The van der Waals surface area contributed by atoms with E-state index in [1.807, 2.05) is 0 Å². The number of allylic oxidation sites excluding steroid dienone is 2. The molecule has 3 rings (SSSR count). The Balaban J connectivity index is 2.26. The van der Waals surface area contributed by atoms with E-state index in [1.54, 1.807) is 19.9 Å². The summed E-state index contributed by atoms with van der Waals surface area (Å²) in [6.45, 7) is 7.13. The zero-order valence-electron chi connectivity index (χ0n) is 12.3. The van der Waals surface area contributed by atoms with Crippen LogP contribution in [0.25, 0.3) is 0 Å². The van der Waals surface area contributed by atoms with Gasteiger partial charge in [-0.25, -0.2) is 0 Å². The summed E-state index contributed by atoms with van der Waals surface area (Å²) in [5.74, 6) is -0.801. The highest BCUT2D eigenvalue weighted by atomic mass is 16.7. The van der Waals surface area contributed by atoms with Crippen LogP contribution in [0.4, 0.5) is 0 Å². The maximum absolute atomic E-state index is 12.8. The summed E-state index contributed by atoms with van der Waals surface area (Å²) in [6, 6.07) is 2.26. The fourth-order valence-electron chi connectivity index (χ4n) is 4.43. The monoisotopic (exact) mass is 289 g/mol. The molecule has 1 heterocycles. The van der Waals surface area contributed by atoms with Crippen LogP contribution in [-0.4, -0.2) is 28.9 Å². The Morgan fingerprint density at radius 2 is 2.38 bits per heavy atom. The van der Waals surface area contributed by atoms with E-state index in [0.29, 0.717) is 18.6 Å². The molecule has 0 aromatic heterocycles. The molecule has 2 fully saturated rings. The molecule has 21 heavy (non-hydrogen) atoms. The molecule has 5 nitrogen and oxygen atoms in total. The highest BCUT2D eigenvalue weighted by Crippen LogP contribution is 2.65. The minimum Gasteiger partial charge on any atom is -0.469 e. The first-order valence-electron chi connectivity index (χ1n) is 7.09. The van der Waals surface area contributed by atoms with Crippen molar-refractivity contribution < 1.29 is 19.4 Å². The molecule has 2 aliphatic carbocycles. The maximum Gasteiger partial charge on any atom is 0.190 e. The Labute approximate surface area is 123 Å². The predicted molar refractivity (Wildman–Crippen MR) is 73.6 cm³/mol. The summed E-state index contributed by atoms with van der Waals surface area (Å²) >= 11 is 0. The van der Waals surface area contributed by atoms with Gasteiger partial charge in [0.1, 0.15) is 11.4 Å². The molecule has 0 aromatic rings. The number of hydrogen-bond acceptors (Lipinski definition) is 5. The second-order valence-electron chi connectivity index (χ2n) is 6.67. The first-order valence-corrected chi connectivity index (χ1v) is 7.09. The van der Waals surface area contributed by atoms with Gasteiger partial charge in [0.05, 0.1) is 23.0 Å². The third-order valence-electron chi connectivity index (χ3n) is 5.24. The number of carbonyl (C=O) groups excluding carboxylic acids is 1. The van der Waals surface area contributed by atoms with Gasteiger partial charge in [-0.05, 0) is 26.7 Å². The number of nitriles is 1.